The van der Waals surface area contributed by atoms with Gasteiger partial charge in [-0.05, 0) is 31.7 Å². The topological polar surface area (TPSA) is 55.1 Å². The molecule has 1 aliphatic carbocycles. The van der Waals surface area contributed by atoms with Gasteiger partial charge in [0, 0.05) is 5.69 Å². The van der Waals surface area contributed by atoms with E-state index in [0.717, 1.165) is 36.2 Å². The number of hydrogen-bond donors (Lipinski definition) is 1. The number of hydrogen-bond acceptors (Lipinski definition) is 3. The minimum Gasteiger partial charge on any atom is -0.424 e. The van der Waals surface area contributed by atoms with Gasteiger partial charge in [0.25, 0.3) is 0 Å². The summed E-state index contributed by atoms with van der Waals surface area (Å²) in [6.45, 7) is 1.81. The van der Waals surface area contributed by atoms with Crippen LogP contribution in [0.1, 0.15) is 23.4 Å². The molecule has 13 heavy (non-hydrogen) atoms. The smallest absolute Gasteiger partial charge is 0.380 e. The number of aromatic nitrogens is 2. The van der Waals surface area contributed by atoms with Crippen molar-refractivity contribution in [3.8, 4) is 0 Å². The predicted octanol–water partition coefficient (Wildman–Crippen LogP) is 0.700. The summed E-state index contributed by atoms with van der Waals surface area (Å²) in [6.07, 6.45) is 2.71. The Morgan fingerprint density at radius 2 is 2.15 bits per heavy atom. The molecule has 0 unspecified atom stereocenters. The van der Waals surface area contributed by atoms with E-state index in [1.807, 2.05) is 6.92 Å². The van der Waals surface area contributed by atoms with Crippen molar-refractivity contribution in [1.29, 1.82) is 0 Å². The zero-order valence-electron chi connectivity index (χ0n) is 7.28. The van der Waals surface area contributed by atoms with Crippen LogP contribution in [0, 0.1) is 6.92 Å². The molecule has 0 saturated heterocycles. The number of aryl methyl sites for hydroxylation is 1. The van der Waals surface area contributed by atoms with Crippen LogP contribution < -0.4 is 5.69 Å². The number of halogens is 1. The molecule has 0 atom stereocenters. The lowest BCUT2D eigenvalue weighted by molar-refractivity contribution is 0.160. The molecule has 2 rings (SSSR count). The molecule has 0 radical (unpaired) electrons. The fraction of sp³-hybridized carbons (Fsp3) is 0.500. The molecule has 0 saturated carbocycles. The predicted molar refractivity (Wildman–Crippen MR) is 49.7 cm³/mol. The monoisotopic (exact) mass is 202 g/mol. The lowest BCUT2D eigenvalue weighted by Crippen LogP contribution is -2.25. The van der Waals surface area contributed by atoms with E-state index in [4.69, 9.17) is 0 Å². The van der Waals surface area contributed by atoms with Crippen LogP contribution in [-0.2, 0) is 12.8 Å². The third-order valence-corrected chi connectivity index (χ3v) is 2.33. The highest BCUT2D eigenvalue weighted by molar-refractivity contribution is 5.85. The SMILES string of the molecule is Cc1nc(=O)n(O)c2c1CCC2.Cl. The van der Waals surface area contributed by atoms with Gasteiger partial charge in [-0.1, -0.05) is 0 Å². The third kappa shape index (κ3) is 1.42. The highest BCUT2D eigenvalue weighted by Gasteiger charge is 2.18. The van der Waals surface area contributed by atoms with Gasteiger partial charge in [-0.15, -0.1) is 17.1 Å². The van der Waals surface area contributed by atoms with Gasteiger partial charge in [-0.2, -0.15) is 4.98 Å². The Hall–Kier alpha value is -1.03. The van der Waals surface area contributed by atoms with Gasteiger partial charge in [0.1, 0.15) is 0 Å². The first kappa shape index (κ1) is 10.1. The van der Waals surface area contributed by atoms with Crippen LogP contribution in [0.5, 0.6) is 0 Å². The minimum absolute atomic E-state index is 0. The van der Waals surface area contributed by atoms with Crippen LogP contribution in [0.4, 0.5) is 0 Å². The summed E-state index contributed by atoms with van der Waals surface area (Å²) in [6, 6.07) is 0. The second-order valence-corrected chi connectivity index (χ2v) is 3.07. The maximum atomic E-state index is 11.0. The maximum absolute atomic E-state index is 11.0. The zero-order chi connectivity index (χ0) is 8.72. The van der Waals surface area contributed by atoms with Crippen LogP contribution in [0.15, 0.2) is 4.79 Å². The molecule has 1 aromatic heterocycles. The van der Waals surface area contributed by atoms with Crippen LogP contribution in [-0.4, -0.2) is 14.9 Å². The molecule has 0 aliphatic heterocycles. The van der Waals surface area contributed by atoms with E-state index < -0.39 is 5.69 Å². The summed E-state index contributed by atoms with van der Waals surface area (Å²) in [5, 5.41) is 9.28. The van der Waals surface area contributed by atoms with Crippen molar-refractivity contribution in [2.45, 2.75) is 26.2 Å². The van der Waals surface area contributed by atoms with E-state index in [0.29, 0.717) is 4.73 Å². The summed E-state index contributed by atoms with van der Waals surface area (Å²) in [5.41, 5.74) is 1.98. The Morgan fingerprint density at radius 3 is 2.85 bits per heavy atom. The first-order valence-corrected chi connectivity index (χ1v) is 4.01. The first-order valence-electron chi connectivity index (χ1n) is 4.01. The van der Waals surface area contributed by atoms with E-state index in [-0.39, 0.29) is 12.4 Å². The normalized spacial score (nSPS) is 13.6. The fourth-order valence-electron chi connectivity index (χ4n) is 1.73. The quantitative estimate of drug-likeness (QED) is 0.631. The van der Waals surface area contributed by atoms with Gasteiger partial charge in [-0.25, -0.2) is 4.79 Å². The van der Waals surface area contributed by atoms with E-state index in [1.54, 1.807) is 0 Å². The lowest BCUT2D eigenvalue weighted by Gasteiger charge is -2.04. The molecule has 0 fully saturated rings. The van der Waals surface area contributed by atoms with Gasteiger partial charge < -0.3 is 5.21 Å². The molecule has 1 aliphatic rings. The van der Waals surface area contributed by atoms with Crippen LogP contribution >= 0.6 is 12.4 Å². The van der Waals surface area contributed by atoms with Crippen molar-refractivity contribution in [3.63, 3.8) is 0 Å². The van der Waals surface area contributed by atoms with Gasteiger partial charge in [0.05, 0.1) is 5.69 Å². The second-order valence-electron chi connectivity index (χ2n) is 3.07. The first-order chi connectivity index (χ1) is 5.70. The van der Waals surface area contributed by atoms with Crippen molar-refractivity contribution >= 4 is 12.4 Å². The summed E-state index contributed by atoms with van der Waals surface area (Å²) in [5.74, 6) is 0. The summed E-state index contributed by atoms with van der Waals surface area (Å²) >= 11 is 0. The van der Waals surface area contributed by atoms with Crippen molar-refractivity contribution in [2.75, 3.05) is 0 Å². The molecular formula is C8H11ClN2O2. The van der Waals surface area contributed by atoms with Gasteiger partial charge in [-0.3, -0.25) is 0 Å². The molecule has 1 N–H and O–H groups in total. The average molecular weight is 203 g/mol. The largest absolute Gasteiger partial charge is 0.424 e. The van der Waals surface area contributed by atoms with E-state index in [2.05, 4.69) is 4.98 Å². The molecule has 0 bridgehead atoms. The Bertz CT molecular complexity index is 386. The van der Waals surface area contributed by atoms with E-state index >= 15 is 0 Å². The molecule has 1 heterocycles. The zero-order valence-corrected chi connectivity index (χ0v) is 8.10. The Morgan fingerprint density at radius 1 is 1.46 bits per heavy atom. The van der Waals surface area contributed by atoms with E-state index in [9.17, 15) is 10.0 Å². The molecular weight excluding hydrogens is 192 g/mol. The molecule has 0 aromatic carbocycles. The summed E-state index contributed by atoms with van der Waals surface area (Å²) < 4.78 is 0.676. The van der Waals surface area contributed by atoms with Crippen LogP contribution in [0.3, 0.4) is 0 Å². The standard InChI is InChI=1S/C8H10N2O2.ClH/c1-5-6-3-2-4-7(6)10(12)8(11)9-5;/h12H,2-4H2,1H3;1H. The van der Waals surface area contributed by atoms with Crippen LogP contribution in [0.2, 0.25) is 0 Å². The highest BCUT2D eigenvalue weighted by Crippen LogP contribution is 2.21. The van der Waals surface area contributed by atoms with E-state index in [1.165, 1.54) is 0 Å². The molecule has 0 spiro atoms. The average Bonchev–Trinajstić information content (AvgIpc) is 2.48. The molecule has 4 nitrogen and oxygen atoms in total. The minimum atomic E-state index is -0.562. The van der Waals surface area contributed by atoms with Crippen molar-refractivity contribution in [3.05, 3.63) is 27.4 Å². The van der Waals surface area contributed by atoms with Gasteiger partial charge in [0.15, 0.2) is 0 Å². The van der Waals surface area contributed by atoms with Crippen molar-refractivity contribution in [1.82, 2.24) is 9.71 Å². The van der Waals surface area contributed by atoms with Gasteiger partial charge in [0.2, 0.25) is 0 Å². The molecule has 0 amide bonds. The van der Waals surface area contributed by atoms with Crippen molar-refractivity contribution in [2.24, 2.45) is 0 Å². The lowest BCUT2D eigenvalue weighted by atomic mass is 10.2. The maximum Gasteiger partial charge on any atom is 0.380 e. The fourth-order valence-corrected chi connectivity index (χ4v) is 1.73. The number of rotatable bonds is 0. The molecule has 5 heteroatoms. The second kappa shape index (κ2) is 3.38. The summed E-state index contributed by atoms with van der Waals surface area (Å²) in [4.78, 5) is 14.7. The highest BCUT2D eigenvalue weighted by atomic mass is 35.5. The Labute approximate surface area is 81.6 Å². The molecule has 72 valence electrons. The number of nitrogens with zero attached hydrogens (tertiary/aromatic N) is 2. The van der Waals surface area contributed by atoms with Crippen LogP contribution in [0.25, 0.3) is 0 Å². The Kier molecular flexibility index (Phi) is 2.61. The van der Waals surface area contributed by atoms with Crippen molar-refractivity contribution < 1.29 is 5.21 Å². The summed E-state index contributed by atoms with van der Waals surface area (Å²) in [7, 11) is 0. The molecule has 1 aromatic rings. The van der Waals surface area contributed by atoms with Gasteiger partial charge >= 0.3 is 5.69 Å². The Balaban J connectivity index is 0.000000845. The third-order valence-electron chi connectivity index (χ3n) is 2.33. The number of fused-ring (bicyclic) bond motifs is 1.